The van der Waals surface area contributed by atoms with Gasteiger partial charge in [0.15, 0.2) is 5.79 Å². The highest BCUT2D eigenvalue weighted by molar-refractivity contribution is 4.69. The minimum Gasteiger partial charge on any atom is -0.350 e. The number of ether oxygens (including phenoxy) is 2. The van der Waals surface area contributed by atoms with E-state index in [9.17, 15) is 0 Å². The Balaban J connectivity index is 2.31. The molecule has 1 saturated heterocycles. The molecule has 1 aliphatic rings. The molecule has 12 heavy (non-hydrogen) atoms. The Morgan fingerprint density at radius 1 is 1.50 bits per heavy atom. The van der Waals surface area contributed by atoms with Gasteiger partial charge in [-0.05, 0) is 19.4 Å². The lowest BCUT2D eigenvalue weighted by Crippen LogP contribution is -2.40. The maximum atomic E-state index is 8.08. The molecule has 0 atom stereocenters. The zero-order chi connectivity index (χ0) is 9.03. The molecule has 0 aliphatic carbocycles. The van der Waals surface area contributed by atoms with Gasteiger partial charge in [-0.25, -0.2) is 0 Å². The van der Waals surface area contributed by atoms with Crippen molar-refractivity contribution in [1.82, 2.24) is 0 Å². The molecule has 1 rings (SSSR count). The van der Waals surface area contributed by atoms with E-state index in [1.165, 1.54) is 0 Å². The maximum absolute atomic E-state index is 8.08. The van der Waals surface area contributed by atoms with Gasteiger partial charge in [0.2, 0.25) is 0 Å². The minimum atomic E-state index is -0.479. The fourth-order valence-electron chi connectivity index (χ4n) is 0.984. The molecule has 0 saturated carbocycles. The highest BCUT2D eigenvalue weighted by Crippen LogP contribution is 2.20. The van der Waals surface area contributed by atoms with Crippen LogP contribution in [-0.2, 0) is 9.47 Å². The summed E-state index contributed by atoms with van der Waals surface area (Å²) in [5.74, 6) is -0.277. The van der Waals surface area contributed by atoms with E-state index in [-0.39, 0.29) is 5.92 Å². The third-order valence-corrected chi connectivity index (χ3v) is 1.74. The molecule has 0 radical (unpaired) electrons. The van der Waals surface area contributed by atoms with Crippen molar-refractivity contribution in [1.29, 1.82) is 0 Å². The molecule has 1 aliphatic heterocycles. The van der Waals surface area contributed by atoms with Gasteiger partial charge in [0.25, 0.3) is 0 Å². The average molecular weight is 171 g/mol. The number of azide groups is 1. The van der Waals surface area contributed by atoms with Crippen LogP contribution in [0.15, 0.2) is 5.11 Å². The first-order valence-corrected chi connectivity index (χ1v) is 3.93. The molecule has 1 fully saturated rings. The van der Waals surface area contributed by atoms with E-state index < -0.39 is 5.79 Å². The Bertz CT molecular complexity index is 189. The summed E-state index contributed by atoms with van der Waals surface area (Å²) in [5.41, 5.74) is 8.08. The van der Waals surface area contributed by atoms with Crippen molar-refractivity contribution in [2.45, 2.75) is 19.6 Å². The predicted octanol–water partition coefficient (Wildman–Crippen LogP) is 1.70. The van der Waals surface area contributed by atoms with Gasteiger partial charge < -0.3 is 9.47 Å². The van der Waals surface area contributed by atoms with Gasteiger partial charge in [0.1, 0.15) is 0 Å². The Hall–Kier alpha value is -0.770. The third-order valence-electron chi connectivity index (χ3n) is 1.74. The van der Waals surface area contributed by atoms with Crippen molar-refractivity contribution in [2.75, 3.05) is 19.8 Å². The fourth-order valence-corrected chi connectivity index (χ4v) is 0.984. The first-order valence-electron chi connectivity index (χ1n) is 3.93. The van der Waals surface area contributed by atoms with Gasteiger partial charge in [-0.2, -0.15) is 0 Å². The molecule has 5 heteroatoms. The highest BCUT2D eigenvalue weighted by atomic mass is 16.7. The first kappa shape index (κ1) is 9.32. The molecule has 0 aromatic carbocycles. The summed E-state index contributed by atoms with van der Waals surface area (Å²) in [6, 6.07) is 0. The van der Waals surface area contributed by atoms with Crippen molar-refractivity contribution < 1.29 is 9.47 Å². The maximum Gasteiger partial charge on any atom is 0.162 e. The summed E-state index contributed by atoms with van der Waals surface area (Å²) in [6.45, 7) is 5.40. The van der Waals surface area contributed by atoms with E-state index in [1.807, 2.05) is 13.8 Å². The quantitative estimate of drug-likeness (QED) is 0.360. The van der Waals surface area contributed by atoms with E-state index >= 15 is 0 Å². The predicted molar refractivity (Wildman–Crippen MR) is 43.5 cm³/mol. The van der Waals surface area contributed by atoms with Crippen LogP contribution >= 0.6 is 0 Å². The van der Waals surface area contributed by atoms with Crippen LogP contribution in [0, 0.1) is 5.92 Å². The van der Waals surface area contributed by atoms with Crippen molar-refractivity contribution >= 4 is 0 Å². The molecule has 68 valence electrons. The van der Waals surface area contributed by atoms with E-state index in [0.717, 1.165) is 0 Å². The molecule has 0 aromatic heterocycles. The lowest BCUT2D eigenvalue weighted by atomic mass is 10.1. The summed E-state index contributed by atoms with van der Waals surface area (Å²) in [5, 5.41) is 3.46. The molecule has 0 spiro atoms. The van der Waals surface area contributed by atoms with Gasteiger partial charge in [0.05, 0.1) is 13.2 Å². The second-order valence-electron chi connectivity index (χ2n) is 3.30. The largest absolute Gasteiger partial charge is 0.350 e. The second kappa shape index (κ2) is 3.76. The summed E-state index contributed by atoms with van der Waals surface area (Å²) in [7, 11) is 0. The number of hydrogen-bond donors (Lipinski definition) is 0. The van der Waals surface area contributed by atoms with Crippen molar-refractivity contribution in [3.05, 3.63) is 10.4 Å². The van der Waals surface area contributed by atoms with Crippen LogP contribution in [0.2, 0.25) is 0 Å². The molecule has 0 amide bonds. The molecule has 0 unspecified atom stereocenters. The van der Waals surface area contributed by atoms with Crippen LogP contribution in [0.25, 0.3) is 10.4 Å². The van der Waals surface area contributed by atoms with Crippen LogP contribution in [-0.4, -0.2) is 25.5 Å². The van der Waals surface area contributed by atoms with Gasteiger partial charge >= 0.3 is 0 Å². The zero-order valence-corrected chi connectivity index (χ0v) is 7.36. The van der Waals surface area contributed by atoms with Crippen molar-refractivity contribution in [2.24, 2.45) is 11.0 Å². The lowest BCUT2D eigenvalue weighted by molar-refractivity contribution is -0.260. The van der Waals surface area contributed by atoms with Gasteiger partial charge in [0, 0.05) is 17.4 Å². The van der Waals surface area contributed by atoms with Gasteiger partial charge in [-0.1, -0.05) is 5.11 Å². The minimum absolute atomic E-state index is 0.203. The standard InChI is InChI=1S/C7H13N3O2/c1-7(2)11-4-6(5-12-7)3-9-10-8/h6H,3-5H2,1-2H3. The van der Waals surface area contributed by atoms with Crippen molar-refractivity contribution in [3.63, 3.8) is 0 Å². The number of hydrogen-bond acceptors (Lipinski definition) is 3. The van der Waals surface area contributed by atoms with E-state index in [4.69, 9.17) is 15.0 Å². The second-order valence-corrected chi connectivity index (χ2v) is 3.30. The van der Waals surface area contributed by atoms with Crippen LogP contribution in [0.4, 0.5) is 0 Å². The number of rotatable bonds is 2. The topological polar surface area (TPSA) is 67.2 Å². The smallest absolute Gasteiger partial charge is 0.162 e. The molecule has 0 bridgehead atoms. The van der Waals surface area contributed by atoms with Crippen LogP contribution in [0.3, 0.4) is 0 Å². The Morgan fingerprint density at radius 3 is 2.58 bits per heavy atom. The molecule has 0 aromatic rings. The molecule has 0 N–H and O–H groups in total. The lowest BCUT2D eigenvalue weighted by Gasteiger charge is -2.34. The highest BCUT2D eigenvalue weighted by Gasteiger charge is 2.27. The molecule has 5 nitrogen and oxygen atoms in total. The Morgan fingerprint density at radius 2 is 2.08 bits per heavy atom. The Kier molecular flexibility index (Phi) is 2.92. The molecular formula is C7H13N3O2. The van der Waals surface area contributed by atoms with E-state index in [2.05, 4.69) is 10.0 Å². The summed E-state index contributed by atoms with van der Waals surface area (Å²) in [6.07, 6.45) is 0. The van der Waals surface area contributed by atoms with Gasteiger partial charge in [-0.3, -0.25) is 0 Å². The fraction of sp³-hybridized carbons (Fsp3) is 1.00. The Labute approximate surface area is 71.3 Å². The van der Waals surface area contributed by atoms with Crippen LogP contribution < -0.4 is 0 Å². The van der Waals surface area contributed by atoms with E-state index in [0.29, 0.717) is 19.8 Å². The van der Waals surface area contributed by atoms with E-state index in [1.54, 1.807) is 0 Å². The monoisotopic (exact) mass is 171 g/mol. The zero-order valence-electron chi connectivity index (χ0n) is 7.36. The van der Waals surface area contributed by atoms with Crippen LogP contribution in [0.5, 0.6) is 0 Å². The summed E-state index contributed by atoms with van der Waals surface area (Å²) < 4.78 is 10.7. The summed E-state index contributed by atoms with van der Waals surface area (Å²) >= 11 is 0. The number of nitrogens with zero attached hydrogens (tertiary/aromatic N) is 3. The molecular weight excluding hydrogens is 158 g/mol. The first-order chi connectivity index (χ1) is 5.64. The van der Waals surface area contributed by atoms with Crippen molar-refractivity contribution in [3.8, 4) is 0 Å². The van der Waals surface area contributed by atoms with Crippen LogP contribution in [0.1, 0.15) is 13.8 Å². The summed E-state index contributed by atoms with van der Waals surface area (Å²) in [4.78, 5) is 2.68. The molecule has 1 heterocycles. The average Bonchev–Trinajstić information content (AvgIpc) is 2.03. The SMILES string of the molecule is CC1(C)OCC(CN=[N+]=[N-])CO1. The van der Waals surface area contributed by atoms with Gasteiger partial charge in [-0.15, -0.1) is 0 Å². The third kappa shape index (κ3) is 2.70. The normalized spacial score (nSPS) is 23.2.